The lowest BCUT2D eigenvalue weighted by Gasteiger charge is -2.04. The Hall–Kier alpha value is -2.30. The van der Waals surface area contributed by atoms with Gasteiger partial charge in [0.1, 0.15) is 0 Å². The van der Waals surface area contributed by atoms with E-state index in [2.05, 4.69) is 9.72 Å². The van der Waals surface area contributed by atoms with E-state index in [4.69, 9.17) is 5.73 Å². The Labute approximate surface area is 90.8 Å². The maximum Gasteiger partial charge on any atom is 0.339 e. The number of pyridine rings is 1. The molecule has 0 aliphatic carbocycles. The first-order chi connectivity index (χ1) is 7.63. The lowest BCUT2D eigenvalue weighted by Crippen LogP contribution is -2.11. The third-order valence-electron chi connectivity index (χ3n) is 2.33. The molecule has 0 aliphatic rings. The number of fused-ring (bicyclic) bond motifs is 1. The van der Waals surface area contributed by atoms with Gasteiger partial charge in [0.05, 0.1) is 12.7 Å². The molecule has 0 saturated carbocycles. The van der Waals surface area contributed by atoms with Crippen LogP contribution < -0.4 is 11.3 Å². The summed E-state index contributed by atoms with van der Waals surface area (Å²) in [6, 6.07) is 4.79. The van der Waals surface area contributed by atoms with Crippen molar-refractivity contribution in [2.24, 2.45) is 0 Å². The molecule has 0 atom stereocenters. The highest BCUT2D eigenvalue weighted by Crippen LogP contribution is 2.18. The van der Waals surface area contributed by atoms with Crippen molar-refractivity contribution in [3.63, 3.8) is 0 Å². The van der Waals surface area contributed by atoms with Crippen LogP contribution in [-0.2, 0) is 4.74 Å². The SMILES string of the molecule is COC(=O)c1c[nH]c(=O)c2cc(N)ccc12. The molecule has 0 bridgehead atoms. The van der Waals surface area contributed by atoms with E-state index in [0.29, 0.717) is 22.0 Å². The summed E-state index contributed by atoms with van der Waals surface area (Å²) in [6.45, 7) is 0. The molecular formula is C11H10N2O3. The van der Waals surface area contributed by atoms with E-state index in [9.17, 15) is 9.59 Å². The smallest absolute Gasteiger partial charge is 0.339 e. The molecule has 0 unspecified atom stereocenters. The highest BCUT2D eigenvalue weighted by molar-refractivity contribution is 6.04. The molecule has 0 amide bonds. The quantitative estimate of drug-likeness (QED) is 0.550. The Balaban J connectivity index is 2.84. The van der Waals surface area contributed by atoms with Crippen LogP contribution in [0.25, 0.3) is 10.8 Å². The van der Waals surface area contributed by atoms with Crippen molar-refractivity contribution in [3.05, 3.63) is 40.3 Å². The van der Waals surface area contributed by atoms with Crippen molar-refractivity contribution in [1.29, 1.82) is 0 Å². The number of hydrogen-bond donors (Lipinski definition) is 2. The number of aromatic nitrogens is 1. The van der Waals surface area contributed by atoms with E-state index in [0.717, 1.165) is 0 Å². The second kappa shape index (κ2) is 3.69. The minimum absolute atomic E-state index is 0.282. The van der Waals surface area contributed by atoms with Crippen molar-refractivity contribution < 1.29 is 9.53 Å². The van der Waals surface area contributed by atoms with Crippen LogP contribution in [0.1, 0.15) is 10.4 Å². The fraction of sp³-hybridized carbons (Fsp3) is 0.0909. The normalized spacial score (nSPS) is 10.3. The molecule has 2 aromatic rings. The van der Waals surface area contributed by atoms with E-state index in [1.807, 2.05) is 0 Å². The number of methoxy groups -OCH3 is 1. The average molecular weight is 218 g/mol. The van der Waals surface area contributed by atoms with Gasteiger partial charge in [-0.3, -0.25) is 4.79 Å². The van der Waals surface area contributed by atoms with Gasteiger partial charge >= 0.3 is 5.97 Å². The first-order valence-electron chi connectivity index (χ1n) is 4.62. The number of esters is 1. The van der Waals surface area contributed by atoms with Gasteiger partial charge in [0.15, 0.2) is 0 Å². The fourth-order valence-corrected chi connectivity index (χ4v) is 1.56. The number of H-pyrrole nitrogens is 1. The number of benzene rings is 1. The Morgan fingerprint density at radius 1 is 1.38 bits per heavy atom. The molecule has 0 aliphatic heterocycles. The number of nitrogen functional groups attached to an aromatic ring is 1. The van der Waals surface area contributed by atoms with Crippen molar-refractivity contribution >= 4 is 22.4 Å². The number of hydrogen-bond acceptors (Lipinski definition) is 4. The van der Waals surface area contributed by atoms with Crippen molar-refractivity contribution in [2.75, 3.05) is 12.8 Å². The summed E-state index contributed by atoms with van der Waals surface area (Å²) in [5.41, 5.74) is 6.09. The Morgan fingerprint density at radius 2 is 2.12 bits per heavy atom. The van der Waals surface area contributed by atoms with Gasteiger partial charge in [-0.2, -0.15) is 0 Å². The molecule has 3 N–H and O–H groups in total. The van der Waals surface area contributed by atoms with Gasteiger partial charge in [0.2, 0.25) is 0 Å². The first-order valence-corrected chi connectivity index (χ1v) is 4.62. The predicted octanol–water partition coefficient (Wildman–Crippen LogP) is 0.897. The van der Waals surface area contributed by atoms with E-state index in [-0.39, 0.29) is 5.56 Å². The molecule has 1 aromatic carbocycles. The largest absolute Gasteiger partial charge is 0.465 e. The lowest BCUT2D eigenvalue weighted by molar-refractivity contribution is 0.0602. The zero-order valence-electron chi connectivity index (χ0n) is 8.61. The minimum atomic E-state index is -0.494. The third-order valence-corrected chi connectivity index (χ3v) is 2.33. The summed E-state index contributed by atoms with van der Waals surface area (Å²) in [5.74, 6) is -0.494. The number of anilines is 1. The van der Waals surface area contributed by atoms with Gasteiger partial charge in [-0.1, -0.05) is 6.07 Å². The Bertz CT molecular complexity index is 616. The monoisotopic (exact) mass is 218 g/mol. The van der Waals surface area contributed by atoms with E-state index in [1.54, 1.807) is 12.1 Å². The number of rotatable bonds is 1. The zero-order chi connectivity index (χ0) is 11.7. The van der Waals surface area contributed by atoms with Gasteiger partial charge in [0.25, 0.3) is 5.56 Å². The van der Waals surface area contributed by atoms with Crippen LogP contribution in [0.5, 0.6) is 0 Å². The maximum absolute atomic E-state index is 11.5. The summed E-state index contributed by atoms with van der Waals surface area (Å²) < 4.78 is 4.62. The maximum atomic E-state index is 11.5. The van der Waals surface area contributed by atoms with Crippen LogP contribution in [0.3, 0.4) is 0 Å². The summed E-state index contributed by atoms with van der Waals surface area (Å²) in [5, 5.41) is 0.910. The molecule has 1 heterocycles. The first kappa shape index (κ1) is 10.2. The van der Waals surface area contributed by atoms with Crippen molar-refractivity contribution in [3.8, 4) is 0 Å². The molecule has 5 nitrogen and oxygen atoms in total. The van der Waals surface area contributed by atoms with Gasteiger partial charge in [-0.15, -0.1) is 0 Å². The van der Waals surface area contributed by atoms with Gasteiger partial charge in [-0.05, 0) is 12.1 Å². The molecule has 0 spiro atoms. The second-order valence-electron chi connectivity index (χ2n) is 3.33. The van der Waals surface area contributed by atoms with Crippen LogP contribution in [0, 0.1) is 0 Å². The van der Waals surface area contributed by atoms with E-state index >= 15 is 0 Å². The molecular weight excluding hydrogens is 208 g/mol. The van der Waals surface area contributed by atoms with Crippen molar-refractivity contribution in [2.45, 2.75) is 0 Å². The number of nitrogens with one attached hydrogen (secondary N) is 1. The van der Waals surface area contributed by atoms with E-state index in [1.165, 1.54) is 19.4 Å². The lowest BCUT2D eigenvalue weighted by atomic mass is 10.1. The highest BCUT2D eigenvalue weighted by Gasteiger charge is 2.12. The average Bonchev–Trinajstić information content (AvgIpc) is 2.29. The Kier molecular flexibility index (Phi) is 2.36. The predicted molar refractivity (Wildman–Crippen MR) is 60.3 cm³/mol. The topological polar surface area (TPSA) is 85.2 Å². The van der Waals surface area contributed by atoms with Crippen LogP contribution in [0.2, 0.25) is 0 Å². The van der Waals surface area contributed by atoms with Crippen LogP contribution >= 0.6 is 0 Å². The van der Waals surface area contributed by atoms with E-state index < -0.39 is 5.97 Å². The molecule has 2 rings (SSSR count). The van der Waals surface area contributed by atoms with Crippen LogP contribution in [0.15, 0.2) is 29.2 Å². The fourth-order valence-electron chi connectivity index (χ4n) is 1.56. The molecule has 5 heteroatoms. The standard InChI is InChI=1S/C11H10N2O3/c1-16-11(15)9-5-13-10(14)8-4-6(12)2-3-7(8)9/h2-5H,12H2,1H3,(H,13,14). The number of carbonyl (C=O) groups is 1. The summed E-state index contributed by atoms with van der Waals surface area (Å²) in [6.07, 6.45) is 1.34. The number of carbonyl (C=O) groups excluding carboxylic acids is 1. The number of aromatic amines is 1. The molecule has 0 radical (unpaired) electrons. The Morgan fingerprint density at radius 3 is 2.81 bits per heavy atom. The molecule has 16 heavy (non-hydrogen) atoms. The summed E-state index contributed by atoms with van der Waals surface area (Å²) in [7, 11) is 1.29. The molecule has 82 valence electrons. The van der Waals surface area contributed by atoms with Gasteiger partial charge < -0.3 is 15.5 Å². The highest BCUT2D eigenvalue weighted by atomic mass is 16.5. The van der Waals surface area contributed by atoms with Crippen LogP contribution in [0.4, 0.5) is 5.69 Å². The molecule has 1 aromatic heterocycles. The molecule has 0 saturated heterocycles. The van der Waals surface area contributed by atoms with Crippen molar-refractivity contribution in [1.82, 2.24) is 4.98 Å². The summed E-state index contributed by atoms with van der Waals surface area (Å²) in [4.78, 5) is 25.5. The van der Waals surface area contributed by atoms with Gasteiger partial charge in [0, 0.05) is 22.7 Å². The minimum Gasteiger partial charge on any atom is -0.465 e. The third kappa shape index (κ3) is 1.52. The second-order valence-corrected chi connectivity index (χ2v) is 3.33. The zero-order valence-corrected chi connectivity index (χ0v) is 8.61. The summed E-state index contributed by atoms with van der Waals surface area (Å²) >= 11 is 0. The van der Waals surface area contributed by atoms with Gasteiger partial charge in [-0.25, -0.2) is 4.79 Å². The van der Waals surface area contributed by atoms with Crippen LogP contribution in [-0.4, -0.2) is 18.1 Å². The molecule has 0 fully saturated rings. The number of ether oxygens (including phenoxy) is 1. The number of nitrogens with two attached hydrogens (primary N) is 1.